The lowest BCUT2D eigenvalue weighted by Gasteiger charge is -2.18. The van der Waals surface area contributed by atoms with Gasteiger partial charge >= 0.3 is 0 Å². The van der Waals surface area contributed by atoms with E-state index in [0.717, 1.165) is 0 Å². The van der Waals surface area contributed by atoms with Crippen molar-refractivity contribution in [3.63, 3.8) is 0 Å². The van der Waals surface area contributed by atoms with Crippen LogP contribution in [0.5, 0.6) is 5.75 Å². The molecule has 6 nitrogen and oxygen atoms in total. The minimum atomic E-state index is -3.94. The van der Waals surface area contributed by atoms with Crippen molar-refractivity contribution in [3.8, 4) is 5.75 Å². The minimum absolute atomic E-state index is 0.0262. The number of hydrogen-bond donors (Lipinski definition) is 2. The quantitative estimate of drug-likeness (QED) is 0.417. The van der Waals surface area contributed by atoms with Gasteiger partial charge < -0.3 is 10.1 Å². The second kappa shape index (κ2) is 10.2. The molecule has 0 unspecified atom stereocenters. The fourth-order valence-electron chi connectivity index (χ4n) is 2.74. The lowest BCUT2D eigenvalue weighted by Crippen LogP contribution is -2.32. The molecule has 3 aromatic carbocycles. The van der Waals surface area contributed by atoms with Crippen LogP contribution in [-0.4, -0.2) is 20.4 Å². The first kappa shape index (κ1) is 23.8. The Bertz CT molecular complexity index is 1220. The van der Waals surface area contributed by atoms with Crippen LogP contribution in [0.4, 0.5) is 15.8 Å². The van der Waals surface area contributed by atoms with E-state index in [9.17, 15) is 17.6 Å². The highest BCUT2D eigenvalue weighted by Gasteiger charge is 2.21. The van der Waals surface area contributed by atoms with Crippen LogP contribution in [0.25, 0.3) is 0 Å². The molecule has 0 saturated carbocycles. The average molecular weight is 497 g/mol. The molecule has 0 fully saturated rings. The highest BCUT2D eigenvalue weighted by molar-refractivity contribution is 7.92. The number of nitrogens with one attached hydrogen (secondary N) is 2. The molecule has 1 atom stereocenters. The fraction of sp³-hybridized carbons (Fsp3) is 0.136. The lowest BCUT2D eigenvalue weighted by atomic mass is 10.2. The van der Waals surface area contributed by atoms with Gasteiger partial charge in [-0.2, -0.15) is 0 Å². The zero-order valence-corrected chi connectivity index (χ0v) is 19.1. The Morgan fingerprint density at radius 2 is 1.72 bits per heavy atom. The second-order valence-corrected chi connectivity index (χ2v) is 9.13. The Morgan fingerprint density at radius 3 is 2.38 bits per heavy atom. The van der Waals surface area contributed by atoms with Gasteiger partial charge in [-0.1, -0.05) is 48.3 Å². The molecule has 0 heterocycles. The molecule has 0 bridgehead atoms. The number of amides is 1. The molecule has 3 aromatic rings. The summed E-state index contributed by atoms with van der Waals surface area (Å²) in [5.41, 5.74) is 0.498. The molecule has 0 aliphatic heterocycles. The molecule has 32 heavy (non-hydrogen) atoms. The maximum Gasteiger partial charge on any atom is 0.265 e. The van der Waals surface area contributed by atoms with E-state index in [4.69, 9.17) is 27.9 Å². The second-order valence-electron chi connectivity index (χ2n) is 6.67. The molecule has 0 radical (unpaired) electrons. The lowest BCUT2D eigenvalue weighted by molar-refractivity contribution is -0.122. The van der Waals surface area contributed by atoms with Gasteiger partial charge in [0, 0.05) is 5.69 Å². The molecule has 0 saturated heterocycles. The third-order valence-electron chi connectivity index (χ3n) is 4.40. The largest absolute Gasteiger partial charge is 0.478 e. The van der Waals surface area contributed by atoms with E-state index in [1.165, 1.54) is 48.5 Å². The van der Waals surface area contributed by atoms with E-state index in [0.29, 0.717) is 12.1 Å². The van der Waals surface area contributed by atoms with Gasteiger partial charge in [0.1, 0.15) is 0 Å². The third kappa shape index (κ3) is 5.70. The van der Waals surface area contributed by atoms with Crippen LogP contribution >= 0.6 is 23.2 Å². The van der Waals surface area contributed by atoms with Crippen molar-refractivity contribution in [3.05, 3.63) is 82.6 Å². The Hall–Kier alpha value is -2.81. The predicted molar refractivity (Wildman–Crippen MR) is 123 cm³/mol. The number of para-hydroxylation sites is 1. The number of carbonyl (C=O) groups is 1. The molecule has 0 aliphatic rings. The first-order valence-electron chi connectivity index (χ1n) is 9.50. The first-order chi connectivity index (χ1) is 15.2. The molecule has 2 N–H and O–H groups in total. The Labute approximate surface area is 195 Å². The van der Waals surface area contributed by atoms with Gasteiger partial charge in [-0.3, -0.25) is 9.52 Å². The summed E-state index contributed by atoms with van der Waals surface area (Å²) in [4.78, 5) is 12.5. The van der Waals surface area contributed by atoms with Crippen molar-refractivity contribution in [2.45, 2.75) is 24.3 Å². The number of benzene rings is 3. The molecule has 10 heteroatoms. The molecule has 168 valence electrons. The Morgan fingerprint density at radius 1 is 1.03 bits per heavy atom. The van der Waals surface area contributed by atoms with Crippen molar-refractivity contribution in [2.75, 3.05) is 10.0 Å². The van der Waals surface area contributed by atoms with Crippen LogP contribution in [0.2, 0.25) is 10.0 Å². The SMILES string of the molecule is CC[C@@H](Oc1ccccc1F)C(=O)Nc1ccc(S(=O)(=O)Nc2cccc(Cl)c2Cl)cc1. The van der Waals surface area contributed by atoms with Crippen molar-refractivity contribution >= 4 is 50.5 Å². The molecule has 3 rings (SSSR count). The van der Waals surface area contributed by atoms with E-state index in [1.807, 2.05) is 0 Å². The van der Waals surface area contributed by atoms with Crippen LogP contribution in [0.1, 0.15) is 13.3 Å². The van der Waals surface area contributed by atoms with E-state index in [-0.39, 0.29) is 26.4 Å². The standard InChI is InChI=1S/C22H19Cl2FN2O4S/c1-2-19(31-20-9-4-3-7-17(20)25)22(28)26-14-10-12-15(13-11-14)32(29,30)27-18-8-5-6-16(23)21(18)24/h3-13,19,27H,2H2,1H3,(H,26,28)/t19-/m1/s1. The molecular formula is C22H19Cl2FN2O4S. The van der Waals surface area contributed by atoms with Crippen LogP contribution in [-0.2, 0) is 14.8 Å². The summed E-state index contributed by atoms with van der Waals surface area (Å²) in [5, 5.41) is 2.94. The van der Waals surface area contributed by atoms with Gasteiger partial charge in [0.2, 0.25) is 0 Å². The van der Waals surface area contributed by atoms with Gasteiger partial charge in [0.25, 0.3) is 15.9 Å². The third-order valence-corrected chi connectivity index (χ3v) is 6.60. The van der Waals surface area contributed by atoms with Gasteiger partial charge in [0.05, 0.1) is 20.6 Å². The van der Waals surface area contributed by atoms with Crippen molar-refractivity contribution in [1.82, 2.24) is 0 Å². The van der Waals surface area contributed by atoms with E-state index in [1.54, 1.807) is 25.1 Å². The maximum atomic E-state index is 13.8. The molecular weight excluding hydrogens is 478 g/mol. The van der Waals surface area contributed by atoms with E-state index in [2.05, 4.69) is 10.0 Å². The number of ether oxygens (including phenoxy) is 1. The van der Waals surface area contributed by atoms with Crippen LogP contribution in [0.15, 0.2) is 71.6 Å². The maximum absolute atomic E-state index is 13.8. The normalized spacial score (nSPS) is 12.1. The number of sulfonamides is 1. The zero-order valence-electron chi connectivity index (χ0n) is 16.8. The summed E-state index contributed by atoms with van der Waals surface area (Å²) < 4.78 is 46.9. The highest BCUT2D eigenvalue weighted by Crippen LogP contribution is 2.31. The van der Waals surface area contributed by atoms with Crippen LogP contribution in [0.3, 0.4) is 0 Å². The minimum Gasteiger partial charge on any atom is -0.478 e. The number of anilines is 2. The summed E-state index contributed by atoms with van der Waals surface area (Å²) in [5.74, 6) is -1.09. The number of halogens is 3. The van der Waals surface area contributed by atoms with E-state index < -0.39 is 27.9 Å². The summed E-state index contributed by atoms with van der Waals surface area (Å²) in [6.07, 6.45) is -0.626. The molecule has 0 aromatic heterocycles. The predicted octanol–water partition coefficient (Wildman–Crippen LogP) is 5.73. The van der Waals surface area contributed by atoms with Gasteiger partial charge in [-0.25, -0.2) is 12.8 Å². The average Bonchev–Trinajstić information content (AvgIpc) is 2.76. The number of hydrogen-bond acceptors (Lipinski definition) is 4. The van der Waals surface area contributed by atoms with Crippen LogP contribution < -0.4 is 14.8 Å². The first-order valence-corrected chi connectivity index (χ1v) is 11.7. The van der Waals surface area contributed by atoms with Gasteiger partial charge in [0.15, 0.2) is 17.7 Å². The monoisotopic (exact) mass is 496 g/mol. The Kier molecular flexibility index (Phi) is 7.60. The topological polar surface area (TPSA) is 84.5 Å². The van der Waals surface area contributed by atoms with Crippen molar-refractivity contribution in [2.24, 2.45) is 0 Å². The van der Waals surface area contributed by atoms with E-state index >= 15 is 0 Å². The van der Waals surface area contributed by atoms with Gasteiger partial charge in [-0.05, 0) is 55.0 Å². The van der Waals surface area contributed by atoms with Crippen molar-refractivity contribution < 1.29 is 22.3 Å². The van der Waals surface area contributed by atoms with Gasteiger partial charge in [-0.15, -0.1) is 0 Å². The smallest absolute Gasteiger partial charge is 0.265 e. The number of carbonyl (C=O) groups excluding carboxylic acids is 1. The molecule has 0 aliphatic carbocycles. The molecule has 0 spiro atoms. The summed E-state index contributed by atoms with van der Waals surface area (Å²) in [6, 6.07) is 15.9. The molecule has 1 amide bonds. The zero-order chi connectivity index (χ0) is 23.3. The van der Waals surface area contributed by atoms with Crippen LogP contribution in [0, 0.1) is 5.82 Å². The Balaban J connectivity index is 1.70. The fourth-order valence-corrected chi connectivity index (χ4v) is 4.22. The summed E-state index contributed by atoms with van der Waals surface area (Å²) in [7, 11) is -3.94. The summed E-state index contributed by atoms with van der Waals surface area (Å²) >= 11 is 12.0. The highest BCUT2D eigenvalue weighted by atomic mass is 35.5. The van der Waals surface area contributed by atoms with Crippen molar-refractivity contribution in [1.29, 1.82) is 0 Å². The number of rotatable bonds is 8. The summed E-state index contributed by atoms with van der Waals surface area (Å²) in [6.45, 7) is 1.73.